The van der Waals surface area contributed by atoms with E-state index in [2.05, 4.69) is 44.4 Å². The Kier molecular flexibility index (Phi) is 36.2. The van der Waals surface area contributed by atoms with Crippen molar-refractivity contribution < 1.29 is 212 Å². The summed E-state index contributed by atoms with van der Waals surface area (Å²) in [5.74, 6) is -1.37. The van der Waals surface area contributed by atoms with E-state index in [1.165, 1.54) is 0 Å². The fourth-order valence-corrected chi connectivity index (χ4v) is 9.97. The Morgan fingerprint density at radius 3 is 0.509 bits per heavy atom. The van der Waals surface area contributed by atoms with Crippen LogP contribution < -0.4 is 58.7 Å². The number of allylic oxidation sites excluding steroid dienone is 4. The second kappa shape index (κ2) is 27.9. The molecule has 0 rings (SSSR count). The summed E-state index contributed by atoms with van der Waals surface area (Å²) in [7, 11) is -43.1. The van der Waals surface area contributed by atoms with Gasteiger partial charge in [0.25, 0.3) is 0 Å². The third kappa shape index (κ3) is 33.3. The Balaban J connectivity index is -0.000000110. The van der Waals surface area contributed by atoms with E-state index in [0.717, 1.165) is 27.7 Å². The Bertz CT molecular complexity index is 1420. The molecule has 28 nitrogen and oxygen atoms in total. The van der Waals surface area contributed by atoms with Crippen molar-refractivity contribution in [2.45, 2.75) is 50.0 Å². The molecule has 39 heteroatoms. The summed E-state index contributed by atoms with van der Waals surface area (Å²) in [6.45, 7) is 16.5. The minimum absolute atomic E-state index is 0. The fourth-order valence-electron chi connectivity index (χ4n) is 1.75. The summed E-state index contributed by atoms with van der Waals surface area (Å²) in [5.41, 5.74) is -12.3. The van der Waals surface area contributed by atoms with Crippen LogP contribution in [0, 0.1) is 0 Å². The Hall–Kier alpha value is 2.01. The fraction of sp³-hybridized carbons (Fsp3) is 0.500. The molecule has 0 aliphatic heterocycles. The maximum Gasteiger partial charge on any atom is 4.00 e. The van der Waals surface area contributed by atoms with Gasteiger partial charge in [0.05, 0.1) is 23.0 Å². The van der Waals surface area contributed by atoms with Gasteiger partial charge in [-0.25, -0.2) is 0 Å². The van der Waals surface area contributed by atoms with Crippen molar-refractivity contribution in [3.05, 3.63) is 49.4 Å². The van der Waals surface area contributed by atoms with Crippen molar-refractivity contribution >= 4 is 60.8 Å². The largest absolute Gasteiger partial charge is 4.00 e. The zero-order valence-electron chi connectivity index (χ0n) is 27.8. The molecule has 0 aromatic heterocycles. The van der Waals surface area contributed by atoms with E-state index < -0.39 is 83.1 Å². The van der Waals surface area contributed by atoms with Gasteiger partial charge in [0.2, 0.25) is 30.4 Å². The summed E-state index contributed by atoms with van der Waals surface area (Å²) in [6, 6.07) is 0. The molecule has 0 aliphatic rings. The molecule has 0 amide bonds. The van der Waals surface area contributed by atoms with Crippen LogP contribution in [0.15, 0.2) is 49.4 Å². The Morgan fingerprint density at radius 2 is 0.455 bits per heavy atom. The number of hydrogen-bond donors (Lipinski definition) is 4. The molecule has 0 heterocycles. The molecular weight excluding hydrogens is 1160 g/mol. The van der Waals surface area contributed by atoms with Crippen molar-refractivity contribution in [1.29, 1.82) is 0 Å². The van der Waals surface area contributed by atoms with Crippen molar-refractivity contribution in [3.63, 3.8) is 0 Å². The monoisotopic (exact) mass is 1190 g/mol. The van der Waals surface area contributed by atoms with E-state index in [0.29, 0.717) is 0 Å². The number of aliphatic hydroxyl groups is 4. The van der Waals surface area contributed by atoms with Crippen molar-refractivity contribution in [1.82, 2.24) is 0 Å². The molecular formula is C16H28O28P8Zr3. The third-order valence-electron chi connectivity index (χ3n) is 3.40. The number of aliphatic hydroxyl groups excluding tert-OH is 4. The van der Waals surface area contributed by atoms with E-state index >= 15 is 0 Å². The first-order chi connectivity index (χ1) is 22.3. The maximum absolute atomic E-state index is 10.7. The normalized spacial score (nSPS) is 17.8. The summed E-state index contributed by atoms with van der Waals surface area (Å²) in [6.07, 6.45) is 0. The Labute approximate surface area is 369 Å². The van der Waals surface area contributed by atoms with Gasteiger partial charge in [0.1, 0.15) is 0 Å². The molecule has 0 aromatic carbocycles. The van der Waals surface area contributed by atoms with Crippen LogP contribution in [0.4, 0.5) is 0 Å². The summed E-state index contributed by atoms with van der Waals surface area (Å²) in [4.78, 5) is 124. The zero-order valence-corrected chi connectivity index (χ0v) is 42.3. The molecule has 0 aliphatic carbocycles. The predicted octanol–water partition coefficient (Wildman–Crippen LogP) is -6.89. The smallest absolute Gasteiger partial charge is 0.809 e. The molecule has 0 fully saturated rings. The van der Waals surface area contributed by atoms with E-state index in [1.54, 1.807) is 0 Å². The van der Waals surface area contributed by atoms with Gasteiger partial charge in [-0.3, -0.25) is 18.3 Å². The van der Waals surface area contributed by atoms with Crippen LogP contribution in [-0.2, 0) is 133 Å². The van der Waals surface area contributed by atoms with Crippen LogP contribution in [-0.4, -0.2) is 42.8 Å². The minimum atomic E-state index is -5.62. The number of hydrogen-bond acceptors (Lipinski definition) is 28. The van der Waals surface area contributed by atoms with Gasteiger partial charge in [0.15, 0.2) is 22.3 Å². The molecule has 312 valence electrons. The summed E-state index contributed by atoms with van der Waals surface area (Å²) >= 11 is 0. The number of rotatable bonds is 16. The first-order valence-corrected chi connectivity index (χ1v) is 24.6. The van der Waals surface area contributed by atoms with Crippen molar-refractivity contribution in [3.8, 4) is 0 Å². The second-order valence-corrected chi connectivity index (χ2v) is 23.8. The SMILES string of the molecule is C=C(C)OP(=O)([O-])C(O)P(=O)([O-])[O-].C=C(C)OP(=O)([O-])C(O)P(=O)([O-])[O-].C=C(C)OP(=O)([O-])C(O)P(=O)([O-])[O-].C=C(C)OP(=O)([O-])C(O)P(=O)([O-])[O-].[Zr+4].[Zr+4].[Zr+4]. The van der Waals surface area contributed by atoms with Gasteiger partial charge in [-0.2, -0.15) is 0 Å². The van der Waals surface area contributed by atoms with Crippen LogP contribution in [0.25, 0.3) is 0 Å². The predicted molar refractivity (Wildman–Crippen MR) is 148 cm³/mol. The van der Waals surface area contributed by atoms with Crippen LogP contribution >= 0.6 is 60.8 Å². The summed E-state index contributed by atoms with van der Waals surface area (Å²) < 4.78 is 98.9. The van der Waals surface area contributed by atoms with Gasteiger partial charge < -0.3 is 116 Å². The van der Waals surface area contributed by atoms with E-state index in [4.69, 9.17) is 20.4 Å². The zero-order chi connectivity index (χ0) is 43.4. The van der Waals surface area contributed by atoms with Crippen LogP contribution in [0.5, 0.6) is 0 Å². The standard InChI is InChI=1S/4C4H10O7P2.3Zr/c4*1-3(2)11-13(9,10)4(5)12(6,7)8;;;/h4*4-5H,1H2,2H3,(H,9,10)(H2,6,7,8);;;/q;;;;3*+4/p-12. The first-order valence-electron chi connectivity index (χ1n) is 11.7. The molecule has 0 saturated heterocycles. The van der Waals surface area contributed by atoms with Crippen molar-refractivity contribution in [2.24, 2.45) is 0 Å². The summed E-state index contributed by atoms with van der Waals surface area (Å²) in [5, 5.41) is 34.1. The second-order valence-electron chi connectivity index (χ2n) is 8.88. The molecule has 55 heavy (non-hydrogen) atoms. The topological polar surface area (TPSA) is 531 Å². The Morgan fingerprint density at radius 1 is 0.364 bits per heavy atom. The maximum atomic E-state index is 10.7. The molecule has 8 unspecified atom stereocenters. The van der Waals surface area contributed by atoms with Gasteiger partial charge in [0, 0.05) is 0 Å². The van der Waals surface area contributed by atoms with E-state index in [-0.39, 0.29) is 102 Å². The van der Waals surface area contributed by atoms with E-state index in [9.17, 15) is 95.2 Å². The van der Waals surface area contributed by atoms with Crippen molar-refractivity contribution in [2.75, 3.05) is 0 Å². The third-order valence-corrected chi connectivity index (χ3v) is 17.0. The average Bonchev–Trinajstić information content (AvgIpc) is 2.82. The molecule has 4 N–H and O–H groups in total. The van der Waals surface area contributed by atoms with Gasteiger partial charge in [-0.15, -0.1) is 0 Å². The van der Waals surface area contributed by atoms with Gasteiger partial charge >= 0.3 is 78.6 Å². The quantitative estimate of drug-likeness (QED) is 0.0824. The molecule has 0 spiro atoms. The van der Waals surface area contributed by atoms with Crippen LogP contribution in [0.1, 0.15) is 27.7 Å². The van der Waals surface area contributed by atoms with Gasteiger partial charge in [-0.1, -0.05) is 26.3 Å². The van der Waals surface area contributed by atoms with Crippen LogP contribution in [0.3, 0.4) is 0 Å². The average molecular weight is 1190 g/mol. The molecule has 0 bridgehead atoms. The first kappa shape index (κ1) is 71.5. The van der Waals surface area contributed by atoms with E-state index in [1.807, 2.05) is 0 Å². The van der Waals surface area contributed by atoms with Crippen LogP contribution in [0.2, 0.25) is 0 Å². The molecule has 0 aromatic rings. The molecule has 8 atom stereocenters. The minimum Gasteiger partial charge on any atom is -0.809 e. The molecule has 0 radical (unpaired) electrons. The van der Waals surface area contributed by atoms with Gasteiger partial charge in [-0.05, 0) is 58.1 Å². The molecule has 0 saturated carbocycles.